The van der Waals surface area contributed by atoms with Gasteiger partial charge in [0.1, 0.15) is 5.78 Å². The second-order valence-corrected chi connectivity index (χ2v) is 6.68. The lowest BCUT2D eigenvalue weighted by atomic mass is 9.79. The Labute approximate surface area is 148 Å². The van der Waals surface area contributed by atoms with Gasteiger partial charge in [0.05, 0.1) is 0 Å². The fraction of sp³-hybridized carbons (Fsp3) is 0.150. The van der Waals surface area contributed by atoms with Crippen LogP contribution in [0.3, 0.4) is 0 Å². The van der Waals surface area contributed by atoms with Crippen LogP contribution in [0.1, 0.15) is 46.0 Å². The fourth-order valence-corrected chi connectivity index (χ4v) is 3.15. The van der Waals surface area contributed by atoms with E-state index in [-0.39, 0.29) is 30.2 Å². The zero-order valence-corrected chi connectivity index (χ0v) is 14.7. The first-order valence-electron chi connectivity index (χ1n) is 7.66. The molecule has 0 unspecified atom stereocenters. The molecule has 0 saturated heterocycles. The molecule has 0 bridgehead atoms. The van der Waals surface area contributed by atoms with Crippen LogP contribution in [0.4, 0.5) is 0 Å². The Bertz CT molecular complexity index is 876. The van der Waals surface area contributed by atoms with E-state index in [9.17, 15) is 14.4 Å². The molecule has 0 aliphatic heterocycles. The minimum atomic E-state index is -0.163. The van der Waals surface area contributed by atoms with Crippen molar-refractivity contribution in [1.29, 1.82) is 0 Å². The van der Waals surface area contributed by atoms with Crippen LogP contribution >= 0.6 is 15.9 Å². The predicted octanol–water partition coefficient (Wildman–Crippen LogP) is 4.65. The molecule has 3 rings (SSSR count). The van der Waals surface area contributed by atoms with E-state index < -0.39 is 0 Å². The molecule has 1 aliphatic carbocycles. The van der Waals surface area contributed by atoms with Crippen molar-refractivity contribution in [2.75, 3.05) is 0 Å². The van der Waals surface area contributed by atoms with Gasteiger partial charge in [-0.1, -0.05) is 52.3 Å². The predicted molar refractivity (Wildman–Crippen MR) is 96.1 cm³/mol. The third kappa shape index (κ3) is 3.02. The van der Waals surface area contributed by atoms with Gasteiger partial charge in [0.2, 0.25) is 0 Å². The van der Waals surface area contributed by atoms with Gasteiger partial charge in [-0.15, -0.1) is 0 Å². The zero-order valence-electron chi connectivity index (χ0n) is 13.1. The van der Waals surface area contributed by atoms with E-state index in [0.29, 0.717) is 27.8 Å². The van der Waals surface area contributed by atoms with Gasteiger partial charge in [-0.05, 0) is 31.0 Å². The maximum atomic E-state index is 13.0. The summed E-state index contributed by atoms with van der Waals surface area (Å²) >= 11 is 3.37. The number of carbonyl (C=O) groups excluding carboxylic acids is 3. The van der Waals surface area contributed by atoms with Gasteiger partial charge in [0, 0.05) is 33.2 Å². The molecule has 0 atom stereocenters. The third-order valence-corrected chi connectivity index (χ3v) is 4.61. The minimum absolute atomic E-state index is 0.00300. The molecule has 1 aliphatic rings. The van der Waals surface area contributed by atoms with Crippen LogP contribution in [0.25, 0.3) is 5.57 Å². The standard InChI is InChI=1S/C20H15BrO3/c1-12(22)6-11-17-18(13-7-9-14(21)10-8-13)20(24)16-5-3-2-4-15(16)19(17)23/h2-5,7-10H,6,11H2,1H3. The van der Waals surface area contributed by atoms with Crippen LogP contribution < -0.4 is 0 Å². The summed E-state index contributed by atoms with van der Waals surface area (Å²) in [6.07, 6.45) is 0.524. The molecule has 0 heterocycles. The zero-order chi connectivity index (χ0) is 17.3. The Kier molecular flexibility index (Phi) is 4.58. The lowest BCUT2D eigenvalue weighted by Crippen LogP contribution is -2.21. The highest BCUT2D eigenvalue weighted by molar-refractivity contribution is 9.10. The molecule has 4 heteroatoms. The Morgan fingerprint density at radius 3 is 2.08 bits per heavy atom. The van der Waals surface area contributed by atoms with E-state index in [1.165, 1.54) is 6.92 Å². The molecule has 3 nitrogen and oxygen atoms in total. The fourth-order valence-electron chi connectivity index (χ4n) is 2.89. The number of hydrogen-bond acceptors (Lipinski definition) is 3. The number of fused-ring (bicyclic) bond motifs is 1. The van der Waals surface area contributed by atoms with E-state index in [0.717, 1.165) is 4.47 Å². The molecule has 0 radical (unpaired) electrons. The quantitative estimate of drug-likeness (QED) is 0.772. The monoisotopic (exact) mass is 382 g/mol. The summed E-state index contributed by atoms with van der Waals surface area (Å²) in [4.78, 5) is 37.3. The van der Waals surface area contributed by atoms with Gasteiger partial charge in [0.25, 0.3) is 0 Å². The van der Waals surface area contributed by atoms with E-state index in [1.54, 1.807) is 24.3 Å². The third-order valence-electron chi connectivity index (χ3n) is 4.08. The van der Waals surface area contributed by atoms with E-state index >= 15 is 0 Å². The average molecular weight is 383 g/mol. The normalized spacial score (nSPS) is 13.9. The second kappa shape index (κ2) is 6.65. The van der Waals surface area contributed by atoms with Crippen molar-refractivity contribution in [2.45, 2.75) is 19.8 Å². The first-order chi connectivity index (χ1) is 11.5. The number of allylic oxidation sites excluding steroid dienone is 2. The van der Waals surface area contributed by atoms with E-state index in [1.807, 2.05) is 24.3 Å². The van der Waals surface area contributed by atoms with Crippen molar-refractivity contribution in [2.24, 2.45) is 0 Å². The summed E-state index contributed by atoms with van der Waals surface area (Å²) in [6.45, 7) is 1.49. The Hall–Kier alpha value is -2.33. The van der Waals surface area contributed by atoms with E-state index in [2.05, 4.69) is 15.9 Å². The highest BCUT2D eigenvalue weighted by Crippen LogP contribution is 2.34. The molecular formula is C20H15BrO3. The first-order valence-corrected chi connectivity index (χ1v) is 8.45. The van der Waals surface area contributed by atoms with Gasteiger partial charge < -0.3 is 4.79 Å². The molecule has 24 heavy (non-hydrogen) atoms. The Balaban J connectivity index is 2.18. The number of benzene rings is 2. The van der Waals surface area contributed by atoms with Crippen LogP contribution in [-0.2, 0) is 4.79 Å². The van der Waals surface area contributed by atoms with Crippen molar-refractivity contribution in [3.63, 3.8) is 0 Å². The van der Waals surface area contributed by atoms with Crippen molar-refractivity contribution < 1.29 is 14.4 Å². The van der Waals surface area contributed by atoms with Crippen LogP contribution in [0, 0.1) is 0 Å². The highest BCUT2D eigenvalue weighted by atomic mass is 79.9. The number of Topliss-reactive ketones (excluding diaryl/α,β-unsaturated/α-hetero) is 3. The Morgan fingerprint density at radius 2 is 1.50 bits per heavy atom. The van der Waals surface area contributed by atoms with Crippen LogP contribution in [-0.4, -0.2) is 17.3 Å². The van der Waals surface area contributed by atoms with E-state index in [4.69, 9.17) is 0 Å². The van der Waals surface area contributed by atoms with Gasteiger partial charge in [0.15, 0.2) is 11.6 Å². The first kappa shape index (κ1) is 16.5. The van der Waals surface area contributed by atoms with Gasteiger partial charge >= 0.3 is 0 Å². The molecule has 0 amide bonds. The molecule has 2 aromatic carbocycles. The number of halogens is 1. The molecule has 0 N–H and O–H groups in total. The molecular weight excluding hydrogens is 368 g/mol. The average Bonchev–Trinajstić information content (AvgIpc) is 2.58. The summed E-state index contributed by atoms with van der Waals surface area (Å²) in [6, 6.07) is 14.1. The number of ketones is 3. The minimum Gasteiger partial charge on any atom is -0.300 e. The van der Waals surface area contributed by atoms with Crippen molar-refractivity contribution in [3.05, 3.63) is 75.3 Å². The van der Waals surface area contributed by atoms with Crippen molar-refractivity contribution in [1.82, 2.24) is 0 Å². The summed E-state index contributed by atoms with van der Waals surface area (Å²) in [5, 5.41) is 0. The SMILES string of the molecule is CC(=O)CCC1=C(c2ccc(Br)cc2)C(=O)c2ccccc2C1=O. The molecule has 0 aromatic heterocycles. The second-order valence-electron chi connectivity index (χ2n) is 5.77. The van der Waals surface area contributed by atoms with Crippen molar-refractivity contribution >= 4 is 38.9 Å². The van der Waals surface area contributed by atoms with Crippen LogP contribution in [0.2, 0.25) is 0 Å². The maximum Gasteiger partial charge on any atom is 0.194 e. The summed E-state index contributed by atoms with van der Waals surface area (Å²) < 4.78 is 0.895. The lowest BCUT2D eigenvalue weighted by molar-refractivity contribution is -0.116. The molecule has 0 spiro atoms. The van der Waals surface area contributed by atoms with Crippen molar-refractivity contribution in [3.8, 4) is 0 Å². The van der Waals surface area contributed by atoms with Gasteiger partial charge in [-0.25, -0.2) is 0 Å². The largest absolute Gasteiger partial charge is 0.300 e. The number of hydrogen-bond donors (Lipinski definition) is 0. The summed E-state index contributed by atoms with van der Waals surface area (Å²) in [7, 11) is 0. The summed E-state index contributed by atoms with van der Waals surface area (Å²) in [5.74, 6) is -0.327. The van der Waals surface area contributed by atoms with Crippen LogP contribution in [0.15, 0.2) is 58.6 Å². The topological polar surface area (TPSA) is 51.2 Å². The Morgan fingerprint density at radius 1 is 0.917 bits per heavy atom. The smallest absolute Gasteiger partial charge is 0.194 e. The molecule has 0 saturated carbocycles. The molecule has 120 valence electrons. The van der Waals surface area contributed by atoms with Gasteiger partial charge in [-0.3, -0.25) is 9.59 Å². The highest BCUT2D eigenvalue weighted by Gasteiger charge is 2.32. The van der Waals surface area contributed by atoms with Crippen LogP contribution in [0.5, 0.6) is 0 Å². The molecule has 2 aromatic rings. The summed E-state index contributed by atoms with van der Waals surface area (Å²) in [5.41, 5.74) is 2.38. The number of carbonyl (C=O) groups is 3. The lowest BCUT2D eigenvalue weighted by Gasteiger charge is -2.21. The maximum absolute atomic E-state index is 13.0. The molecule has 0 fully saturated rings. The van der Waals surface area contributed by atoms with Gasteiger partial charge in [-0.2, -0.15) is 0 Å². The number of rotatable bonds is 4.